The quantitative estimate of drug-likeness (QED) is 0.341. The van der Waals surface area contributed by atoms with Gasteiger partial charge >= 0.3 is 5.97 Å². The lowest BCUT2D eigenvalue weighted by Gasteiger charge is -2.17. The van der Waals surface area contributed by atoms with Crippen LogP contribution in [0.3, 0.4) is 0 Å². The maximum atomic E-state index is 12.5. The summed E-state index contributed by atoms with van der Waals surface area (Å²) in [5, 5.41) is 16.2. The minimum atomic E-state index is -0.631. The smallest absolute Gasteiger partial charge is 0.308 e. The molecule has 0 aromatic heterocycles. The topological polar surface area (TPSA) is 128 Å². The van der Waals surface area contributed by atoms with Crippen LogP contribution in [0.2, 0.25) is 0 Å². The van der Waals surface area contributed by atoms with Gasteiger partial charge in [0.1, 0.15) is 0 Å². The highest BCUT2D eigenvalue weighted by Gasteiger charge is 2.21. The Morgan fingerprint density at radius 1 is 1.00 bits per heavy atom. The van der Waals surface area contributed by atoms with Gasteiger partial charge in [-0.25, -0.2) is 0 Å². The first-order chi connectivity index (χ1) is 13.5. The average Bonchev–Trinajstić information content (AvgIpc) is 2.62. The standard InChI is InChI=1S/C20H21N3O6/c1-12(24)29-17-10-9-15(23(27)28)11-16(17)22-18(25)13-5-7-14(8-6-13)21-19(26)20(2,3)4/h5-11H,1-4H3,(H,21,26)(H,22,25). The minimum absolute atomic E-state index is 0.00879. The summed E-state index contributed by atoms with van der Waals surface area (Å²) in [5.74, 6) is -1.37. The normalized spacial score (nSPS) is 10.8. The summed E-state index contributed by atoms with van der Waals surface area (Å²) in [6.45, 7) is 6.52. The monoisotopic (exact) mass is 399 g/mol. The van der Waals surface area contributed by atoms with Crippen molar-refractivity contribution in [3.8, 4) is 5.75 Å². The van der Waals surface area contributed by atoms with E-state index in [0.717, 1.165) is 6.07 Å². The van der Waals surface area contributed by atoms with E-state index in [1.807, 2.05) is 0 Å². The SMILES string of the molecule is CC(=O)Oc1ccc([N+](=O)[O-])cc1NC(=O)c1ccc(NC(=O)C(C)(C)C)cc1. The van der Waals surface area contributed by atoms with Gasteiger partial charge < -0.3 is 15.4 Å². The van der Waals surface area contributed by atoms with Crippen molar-refractivity contribution in [2.75, 3.05) is 10.6 Å². The molecule has 0 radical (unpaired) electrons. The fourth-order valence-electron chi connectivity index (χ4n) is 2.19. The maximum Gasteiger partial charge on any atom is 0.308 e. The van der Waals surface area contributed by atoms with Gasteiger partial charge in [0, 0.05) is 35.7 Å². The Kier molecular flexibility index (Phi) is 6.32. The molecule has 0 spiro atoms. The number of carbonyl (C=O) groups excluding carboxylic acids is 3. The Balaban J connectivity index is 2.21. The Morgan fingerprint density at radius 3 is 2.14 bits per heavy atom. The number of non-ortho nitro benzene ring substituents is 1. The molecule has 0 aliphatic heterocycles. The fourth-order valence-corrected chi connectivity index (χ4v) is 2.19. The number of ether oxygens (including phenoxy) is 1. The van der Waals surface area contributed by atoms with Crippen LogP contribution in [0.4, 0.5) is 17.1 Å². The first kappa shape index (κ1) is 21.5. The van der Waals surface area contributed by atoms with Crippen molar-refractivity contribution in [2.45, 2.75) is 27.7 Å². The van der Waals surface area contributed by atoms with Crippen LogP contribution >= 0.6 is 0 Å². The molecule has 0 saturated carbocycles. The van der Waals surface area contributed by atoms with Gasteiger partial charge in [-0.1, -0.05) is 20.8 Å². The van der Waals surface area contributed by atoms with Crippen molar-refractivity contribution >= 4 is 34.8 Å². The summed E-state index contributed by atoms with van der Waals surface area (Å²) in [5.41, 5.74) is -0.0667. The van der Waals surface area contributed by atoms with Gasteiger partial charge in [-0.15, -0.1) is 0 Å². The summed E-state index contributed by atoms with van der Waals surface area (Å²) in [4.78, 5) is 46.1. The van der Waals surface area contributed by atoms with Crippen LogP contribution < -0.4 is 15.4 Å². The maximum absolute atomic E-state index is 12.5. The van der Waals surface area contributed by atoms with E-state index in [1.165, 1.54) is 31.2 Å². The van der Waals surface area contributed by atoms with Crippen LogP contribution in [-0.4, -0.2) is 22.7 Å². The number of hydrogen-bond donors (Lipinski definition) is 2. The molecule has 0 bridgehead atoms. The molecule has 0 atom stereocenters. The van der Waals surface area contributed by atoms with E-state index in [-0.39, 0.29) is 28.6 Å². The number of benzene rings is 2. The zero-order chi connectivity index (χ0) is 21.8. The Bertz CT molecular complexity index is 961. The predicted molar refractivity (Wildman–Crippen MR) is 107 cm³/mol. The molecular formula is C20H21N3O6. The zero-order valence-electron chi connectivity index (χ0n) is 16.4. The second-order valence-electron chi connectivity index (χ2n) is 7.27. The third kappa shape index (κ3) is 5.86. The van der Waals surface area contributed by atoms with E-state index in [0.29, 0.717) is 5.69 Å². The van der Waals surface area contributed by atoms with E-state index in [9.17, 15) is 24.5 Å². The van der Waals surface area contributed by atoms with Gasteiger partial charge in [0.05, 0.1) is 10.6 Å². The van der Waals surface area contributed by atoms with E-state index < -0.39 is 22.2 Å². The average molecular weight is 399 g/mol. The highest BCUT2D eigenvalue weighted by molar-refractivity contribution is 6.05. The van der Waals surface area contributed by atoms with Gasteiger partial charge in [-0.2, -0.15) is 0 Å². The van der Waals surface area contributed by atoms with Crippen LogP contribution in [-0.2, 0) is 9.59 Å². The van der Waals surface area contributed by atoms with Gasteiger partial charge in [-0.05, 0) is 30.3 Å². The number of nitrogens with one attached hydrogen (secondary N) is 2. The molecule has 2 aromatic rings. The van der Waals surface area contributed by atoms with Crippen LogP contribution in [0.25, 0.3) is 0 Å². The van der Waals surface area contributed by atoms with E-state index in [2.05, 4.69) is 10.6 Å². The number of anilines is 2. The molecule has 2 rings (SSSR count). The van der Waals surface area contributed by atoms with Crippen molar-refractivity contribution < 1.29 is 24.0 Å². The van der Waals surface area contributed by atoms with Crippen LogP contribution in [0, 0.1) is 15.5 Å². The van der Waals surface area contributed by atoms with Gasteiger partial charge in [0.2, 0.25) is 5.91 Å². The molecule has 0 unspecified atom stereocenters. The van der Waals surface area contributed by atoms with Crippen molar-refractivity contribution in [1.29, 1.82) is 0 Å². The molecule has 9 nitrogen and oxygen atoms in total. The molecule has 2 aromatic carbocycles. The molecule has 0 saturated heterocycles. The highest BCUT2D eigenvalue weighted by atomic mass is 16.6. The molecule has 0 aliphatic carbocycles. The van der Waals surface area contributed by atoms with Gasteiger partial charge in [0.25, 0.3) is 11.6 Å². The van der Waals surface area contributed by atoms with Crippen molar-refractivity contribution in [2.24, 2.45) is 5.41 Å². The molecular weight excluding hydrogens is 378 g/mol. The number of nitro groups is 1. The van der Waals surface area contributed by atoms with Crippen molar-refractivity contribution in [3.63, 3.8) is 0 Å². The number of rotatable bonds is 5. The second-order valence-corrected chi connectivity index (χ2v) is 7.27. The lowest BCUT2D eigenvalue weighted by molar-refractivity contribution is -0.384. The van der Waals surface area contributed by atoms with Crippen molar-refractivity contribution in [1.82, 2.24) is 0 Å². The molecule has 0 heterocycles. The molecule has 9 heteroatoms. The number of hydrogen-bond acceptors (Lipinski definition) is 6. The van der Waals surface area contributed by atoms with Gasteiger partial charge in [-0.3, -0.25) is 24.5 Å². The van der Waals surface area contributed by atoms with Gasteiger partial charge in [0.15, 0.2) is 5.75 Å². The molecule has 0 aliphatic rings. The summed E-state index contributed by atoms with van der Waals surface area (Å²) < 4.78 is 4.99. The number of amides is 2. The Morgan fingerprint density at radius 2 is 1.62 bits per heavy atom. The van der Waals surface area contributed by atoms with Crippen LogP contribution in [0.1, 0.15) is 38.1 Å². The number of esters is 1. The first-order valence-corrected chi connectivity index (χ1v) is 8.67. The van der Waals surface area contributed by atoms with E-state index in [1.54, 1.807) is 32.9 Å². The summed E-state index contributed by atoms with van der Waals surface area (Å²) in [6, 6.07) is 9.64. The minimum Gasteiger partial charge on any atom is -0.424 e. The largest absolute Gasteiger partial charge is 0.424 e. The van der Waals surface area contributed by atoms with Crippen LogP contribution in [0.5, 0.6) is 5.75 Å². The fraction of sp³-hybridized carbons (Fsp3) is 0.250. The zero-order valence-corrected chi connectivity index (χ0v) is 16.4. The third-order valence-electron chi connectivity index (χ3n) is 3.76. The van der Waals surface area contributed by atoms with Crippen molar-refractivity contribution in [3.05, 3.63) is 58.1 Å². The predicted octanol–water partition coefficient (Wildman–Crippen LogP) is 3.76. The third-order valence-corrected chi connectivity index (χ3v) is 3.76. The molecule has 29 heavy (non-hydrogen) atoms. The Hall–Kier alpha value is -3.75. The van der Waals surface area contributed by atoms with E-state index in [4.69, 9.17) is 4.74 Å². The number of nitro benzene ring substituents is 1. The summed E-state index contributed by atoms with van der Waals surface area (Å²) in [7, 11) is 0. The first-order valence-electron chi connectivity index (χ1n) is 8.67. The molecule has 2 N–H and O–H groups in total. The highest BCUT2D eigenvalue weighted by Crippen LogP contribution is 2.30. The summed E-state index contributed by atoms with van der Waals surface area (Å²) >= 11 is 0. The Labute approximate surface area is 167 Å². The lowest BCUT2D eigenvalue weighted by Crippen LogP contribution is -2.27. The lowest BCUT2D eigenvalue weighted by atomic mass is 9.95. The van der Waals surface area contributed by atoms with Crippen LogP contribution in [0.15, 0.2) is 42.5 Å². The number of carbonyl (C=O) groups is 3. The molecule has 0 fully saturated rings. The number of nitrogens with zero attached hydrogens (tertiary/aromatic N) is 1. The summed E-state index contributed by atoms with van der Waals surface area (Å²) in [6.07, 6.45) is 0. The molecule has 152 valence electrons. The molecule has 2 amide bonds. The second kappa shape index (κ2) is 8.51. The van der Waals surface area contributed by atoms with E-state index >= 15 is 0 Å².